The summed E-state index contributed by atoms with van der Waals surface area (Å²) in [7, 11) is -3.40. The number of amides is 2. The molecule has 0 spiro atoms. The van der Waals surface area contributed by atoms with Gasteiger partial charge in [-0.1, -0.05) is 83.4 Å². The van der Waals surface area contributed by atoms with Crippen molar-refractivity contribution >= 4 is 27.4 Å². The number of nitrogens with one attached hydrogen (secondary N) is 3. The first-order valence-electron chi connectivity index (χ1n) is 14.7. The van der Waals surface area contributed by atoms with E-state index < -0.39 is 10.0 Å². The number of carbonyl (C=O) groups excluding carboxylic acids is 1. The zero-order valence-corrected chi connectivity index (χ0v) is 25.7. The van der Waals surface area contributed by atoms with Crippen LogP contribution in [0.5, 0.6) is 0 Å². The fraction of sp³-hybridized carbons (Fsp3) is 0.455. The Kier molecular flexibility index (Phi) is 10.1. The Hall–Kier alpha value is -3.39. The lowest BCUT2D eigenvalue weighted by Crippen LogP contribution is -2.39. The van der Waals surface area contributed by atoms with Crippen LogP contribution >= 0.6 is 0 Å². The highest BCUT2D eigenvalue weighted by Crippen LogP contribution is 2.43. The molecule has 220 valence electrons. The molecule has 1 aromatic heterocycles. The van der Waals surface area contributed by atoms with Crippen molar-refractivity contribution in [3.63, 3.8) is 0 Å². The van der Waals surface area contributed by atoms with Crippen LogP contribution < -0.4 is 15.4 Å². The number of hydrogen-bond acceptors (Lipinski definition) is 4. The van der Waals surface area contributed by atoms with Gasteiger partial charge in [-0.15, -0.1) is 0 Å². The third-order valence-corrected chi connectivity index (χ3v) is 8.62. The molecule has 4 rings (SSSR count). The number of sulfonamides is 1. The van der Waals surface area contributed by atoms with Gasteiger partial charge in [0.25, 0.3) is 0 Å². The summed E-state index contributed by atoms with van der Waals surface area (Å²) in [4.78, 5) is 18.7. The molecule has 2 amide bonds. The lowest BCUT2D eigenvalue weighted by atomic mass is 9.73. The number of rotatable bonds is 10. The quantitative estimate of drug-likeness (QED) is 0.228. The minimum atomic E-state index is -3.40. The van der Waals surface area contributed by atoms with Gasteiger partial charge in [-0.25, -0.2) is 13.2 Å². The summed E-state index contributed by atoms with van der Waals surface area (Å²) in [5, 5.41) is 6.58. The molecule has 2 atom stereocenters. The van der Waals surface area contributed by atoms with E-state index in [-0.39, 0.29) is 29.8 Å². The van der Waals surface area contributed by atoms with E-state index in [9.17, 15) is 13.2 Å². The van der Waals surface area contributed by atoms with Crippen LogP contribution in [0.1, 0.15) is 106 Å². The molecule has 1 aliphatic rings. The van der Waals surface area contributed by atoms with E-state index in [0.717, 1.165) is 60.0 Å². The first kappa shape index (κ1) is 30.6. The Bertz CT molecular complexity index is 1370. The Morgan fingerprint density at radius 1 is 0.854 bits per heavy atom. The predicted octanol–water partition coefficient (Wildman–Crippen LogP) is 7.93. The number of anilines is 2. The number of para-hydroxylation sites is 1. The van der Waals surface area contributed by atoms with Gasteiger partial charge in [0, 0.05) is 29.2 Å². The van der Waals surface area contributed by atoms with Crippen LogP contribution in [0.2, 0.25) is 0 Å². The molecule has 0 saturated heterocycles. The molecule has 0 bridgehead atoms. The molecule has 1 heterocycles. The number of carbonyl (C=O) groups is 1. The minimum Gasteiger partial charge on any atom is -0.330 e. The van der Waals surface area contributed by atoms with Crippen molar-refractivity contribution in [3.8, 4) is 0 Å². The maximum absolute atomic E-state index is 13.9. The van der Waals surface area contributed by atoms with Crippen molar-refractivity contribution in [2.24, 2.45) is 5.92 Å². The van der Waals surface area contributed by atoms with Crippen molar-refractivity contribution in [1.29, 1.82) is 0 Å². The second kappa shape index (κ2) is 13.5. The fourth-order valence-corrected chi connectivity index (χ4v) is 6.65. The fourth-order valence-electron chi connectivity index (χ4n) is 6.09. The molecule has 8 heteroatoms. The molecule has 2 aromatic carbocycles. The van der Waals surface area contributed by atoms with Gasteiger partial charge < -0.3 is 10.6 Å². The van der Waals surface area contributed by atoms with Crippen LogP contribution in [-0.4, -0.2) is 25.7 Å². The Morgan fingerprint density at radius 3 is 2.02 bits per heavy atom. The highest BCUT2D eigenvalue weighted by Gasteiger charge is 2.35. The van der Waals surface area contributed by atoms with Crippen molar-refractivity contribution in [3.05, 3.63) is 89.2 Å². The monoisotopic (exact) mass is 576 g/mol. The summed E-state index contributed by atoms with van der Waals surface area (Å²) < 4.78 is 26.1. The third kappa shape index (κ3) is 8.09. The van der Waals surface area contributed by atoms with Gasteiger partial charge in [-0.2, -0.15) is 0 Å². The second-order valence-electron chi connectivity index (χ2n) is 11.9. The van der Waals surface area contributed by atoms with Crippen LogP contribution in [0.4, 0.5) is 16.2 Å². The van der Waals surface area contributed by atoms with Crippen LogP contribution in [0.25, 0.3) is 0 Å². The Balaban J connectivity index is 1.74. The Labute approximate surface area is 245 Å². The van der Waals surface area contributed by atoms with Crippen molar-refractivity contribution in [2.45, 2.75) is 83.6 Å². The van der Waals surface area contributed by atoms with Crippen LogP contribution in [0.15, 0.2) is 66.9 Å². The first-order valence-corrected chi connectivity index (χ1v) is 16.6. The molecule has 3 aromatic rings. The van der Waals surface area contributed by atoms with E-state index in [4.69, 9.17) is 4.98 Å². The molecule has 3 N–H and O–H groups in total. The average molecular weight is 577 g/mol. The molecular weight excluding hydrogens is 532 g/mol. The van der Waals surface area contributed by atoms with Gasteiger partial charge in [-0.05, 0) is 71.6 Å². The van der Waals surface area contributed by atoms with Gasteiger partial charge in [-0.3, -0.25) is 9.71 Å². The Morgan fingerprint density at radius 2 is 1.49 bits per heavy atom. The van der Waals surface area contributed by atoms with Gasteiger partial charge in [0.1, 0.15) is 0 Å². The van der Waals surface area contributed by atoms with Crippen molar-refractivity contribution < 1.29 is 13.2 Å². The molecule has 1 fully saturated rings. The second-order valence-corrected chi connectivity index (χ2v) is 13.6. The largest absolute Gasteiger partial charge is 0.330 e. The van der Waals surface area contributed by atoms with Crippen LogP contribution in [0, 0.1) is 5.92 Å². The number of urea groups is 1. The summed E-state index contributed by atoms with van der Waals surface area (Å²) in [5.41, 5.74) is 5.42. The smallest absolute Gasteiger partial charge is 0.319 e. The third-order valence-electron chi connectivity index (χ3n) is 8.02. The van der Waals surface area contributed by atoms with E-state index in [0.29, 0.717) is 11.6 Å². The summed E-state index contributed by atoms with van der Waals surface area (Å²) in [5.74, 6) is 0.809. The summed E-state index contributed by atoms with van der Waals surface area (Å²) in [6.07, 6.45) is 8.63. The highest BCUT2D eigenvalue weighted by molar-refractivity contribution is 7.92. The van der Waals surface area contributed by atoms with E-state index >= 15 is 0 Å². The highest BCUT2D eigenvalue weighted by atomic mass is 32.2. The zero-order valence-electron chi connectivity index (χ0n) is 24.9. The molecule has 2 unspecified atom stereocenters. The molecule has 7 nitrogen and oxygen atoms in total. The SMILES string of the molecule is CC(C)c1cccc(C(C)C)c1NC(=O)NC(c1ccc(NS(C)(=O)=O)cc1)C(c1ccccn1)C1CCCCC1. The number of pyridine rings is 1. The van der Waals surface area contributed by atoms with Gasteiger partial charge in [0.15, 0.2) is 0 Å². The zero-order chi connectivity index (χ0) is 29.6. The molecular formula is C33H44N4O3S. The number of hydrogen-bond donors (Lipinski definition) is 3. The number of aromatic nitrogens is 1. The lowest BCUT2D eigenvalue weighted by Gasteiger charge is -2.36. The molecule has 41 heavy (non-hydrogen) atoms. The summed E-state index contributed by atoms with van der Waals surface area (Å²) in [6, 6.07) is 18.9. The van der Waals surface area contributed by atoms with Crippen molar-refractivity contribution in [2.75, 3.05) is 16.3 Å². The first-order chi connectivity index (χ1) is 19.5. The van der Waals surface area contributed by atoms with Gasteiger partial charge >= 0.3 is 6.03 Å². The number of nitrogens with zero attached hydrogens (tertiary/aromatic N) is 1. The van der Waals surface area contributed by atoms with Crippen molar-refractivity contribution in [1.82, 2.24) is 10.3 Å². The maximum Gasteiger partial charge on any atom is 0.319 e. The van der Waals surface area contributed by atoms with Crippen LogP contribution in [0.3, 0.4) is 0 Å². The normalized spacial score (nSPS) is 15.9. The summed E-state index contributed by atoms with van der Waals surface area (Å²) in [6.45, 7) is 8.55. The predicted molar refractivity (Wildman–Crippen MR) is 168 cm³/mol. The molecule has 1 saturated carbocycles. The van der Waals surface area contributed by atoms with E-state index in [2.05, 4.69) is 67.3 Å². The topological polar surface area (TPSA) is 100 Å². The molecule has 0 radical (unpaired) electrons. The standard InChI is InChI=1S/C33H44N4O3S/c1-22(2)27-14-11-15-28(23(3)4)32(27)36-33(38)35-31(25-17-19-26(20-18-25)37-41(5,39)40)30(24-12-7-6-8-13-24)29-16-9-10-21-34-29/h9-11,14-24,30-31,37H,6-8,12-13H2,1-5H3,(H2,35,36,38). The molecule has 0 aliphatic heterocycles. The molecule has 1 aliphatic carbocycles. The summed E-state index contributed by atoms with van der Waals surface area (Å²) >= 11 is 0. The van der Waals surface area contributed by atoms with Crippen LogP contribution in [-0.2, 0) is 10.0 Å². The average Bonchev–Trinajstić information content (AvgIpc) is 2.93. The van der Waals surface area contributed by atoms with E-state index in [1.807, 2.05) is 30.5 Å². The van der Waals surface area contributed by atoms with Gasteiger partial charge in [0.05, 0.1) is 12.3 Å². The van der Waals surface area contributed by atoms with Gasteiger partial charge in [0.2, 0.25) is 10.0 Å². The van der Waals surface area contributed by atoms with E-state index in [1.54, 1.807) is 12.1 Å². The number of benzene rings is 2. The maximum atomic E-state index is 13.9. The van der Waals surface area contributed by atoms with E-state index in [1.165, 1.54) is 6.42 Å². The lowest BCUT2D eigenvalue weighted by molar-refractivity contribution is 0.230. The minimum absolute atomic E-state index is 0.0409.